The predicted molar refractivity (Wildman–Crippen MR) is 84.0 cm³/mol. The van der Waals surface area contributed by atoms with Crippen molar-refractivity contribution in [3.63, 3.8) is 0 Å². The molecule has 20 heavy (non-hydrogen) atoms. The second-order valence-corrected chi connectivity index (χ2v) is 6.15. The van der Waals surface area contributed by atoms with Crippen LogP contribution in [0.1, 0.15) is 51.0 Å². The molecule has 2 saturated carbocycles. The van der Waals surface area contributed by atoms with Gasteiger partial charge in [0.1, 0.15) is 11.4 Å². The Bertz CT molecular complexity index is 472. The molecule has 2 aliphatic rings. The summed E-state index contributed by atoms with van der Waals surface area (Å²) in [6, 6.07) is 9.16. The summed E-state index contributed by atoms with van der Waals surface area (Å²) in [7, 11) is 0. The van der Waals surface area contributed by atoms with Gasteiger partial charge in [-0.2, -0.15) is 0 Å². The molecule has 1 N–H and O–H groups in total. The highest BCUT2D eigenvalue weighted by Crippen LogP contribution is 2.40. The molecule has 2 fully saturated rings. The van der Waals surface area contributed by atoms with Crippen LogP contribution < -0.4 is 10.1 Å². The van der Waals surface area contributed by atoms with Crippen LogP contribution >= 0.6 is 0 Å². The third kappa shape index (κ3) is 3.24. The average molecular weight is 271 g/mol. The van der Waals surface area contributed by atoms with Crippen molar-refractivity contribution in [2.24, 2.45) is 0 Å². The van der Waals surface area contributed by atoms with Crippen molar-refractivity contribution in [2.45, 2.75) is 57.1 Å². The Hall–Kier alpha value is -1.28. The quantitative estimate of drug-likeness (QED) is 0.804. The fraction of sp³-hybridized carbons (Fsp3) is 0.556. The first kappa shape index (κ1) is 13.7. The summed E-state index contributed by atoms with van der Waals surface area (Å²) in [6.45, 7) is 3.14. The number of rotatable bonds is 7. The highest BCUT2D eigenvalue weighted by atomic mass is 16.5. The van der Waals surface area contributed by atoms with E-state index < -0.39 is 0 Å². The first-order valence-electron chi connectivity index (χ1n) is 7.95. The van der Waals surface area contributed by atoms with Gasteiger partial charge in [0.05, 0.1) is 0 Å². The fourth-order valence-corrected chi connectivity index (χ4v) is 2.89. The lowest BCUT2D eigenvalue weighted by atomic mass is 9.77. The number of para-hydroxylation sites is 1. The number of hydrogen-bond donors (Lipinski definition) is 1. The maximum absolute atomic E-state index is 6.43. The molecule has 2 nitrogen and oxygen atoms in total. The Kier molecular flexibility index (Phi) is 4.11. The van der Waals surface area contributed by atoms with Gasteiger partial charge in [-0.15, -0.1) is 0 Å². The van der Waals surface area contributed by atoms with Crippen LogP contribution in [0.25, 0.3) is 6.08 Å². The number of benzene rings is 1. The average Bonchev–Trinajstić information content (AvgIpc) is 3.22. The smallest absolute Gasteiger partial charge is 0.127 e. The predicted octanol–water partition coefficient (Wildman–Crippen LogP) is 4.16. The number of allylic oxidation sites excluding steroid dienone is 1. The summed E-state index contributed by atoms with van der Waals surface area (Å²) < 4.78 is 6.43. The summed E-state index contributed by atoms with van der Waals surface area (Å²) in [5, 5.41) is 3.61. The Morgan fingerprint density at radius 1 is 1.30 bits per heavy atom. The van der Waals surface area contributed by atoms with E-state index in [0.717, 1.165) is 24.8 Å². The van der Waals surface area contributed by atoms with Crippen molar-refractivity contribution >= 4 is 6.08 Å². The third-order valence-corrected chi connectivity index (χ3v) is 4.45. The minimum atomic E-state index is 0.0829. The van der Waals surface area contributed by atoms with E-state index in [9.17, 15) is 0 Å². The van der Waals surface area contributed by atoms with E-state index in [0.29, 0.717) is 0 Å². The zero-order valence-electron chi connectivity index (χ0n) is 12.4. The lowest BCUT2D eigenvalue weighted by Crippen LogP contribution is -2.45. The molecule has 0 amide bonds. The van der Waals surface area contributed by atoms with Gasteiger partial charge in [-0.05, 0) is 58.1 Å². The van der Waals surface area contributed by atoms with Crippen molar-refractivity contribution in [2.75, 3.05) is 6.54 Å². The molecule has 0 spiro atoms. The molecule has 0 aromatic heterocycles. The van der Waals surface area contributed by atoms with Gasteiger partial charge in [0.25, 0.3) is 0 Å². The summed E-state index contributed by atoms with van der Waals surface area (Å²) >= 11 is 0. The number of hydrogen-bond acceptors (Lipinski definition) is 2. The van der Waals surface area contributed by atoms with Crippen LogP contribution in [0.3, 0.4) is 0 Å². The largest absolute Gasteiger partial charge is 0.487 e. The van der Waals surface area contributed by atoms with Crippen molar-refractivity contribution in [1.82, 2.24) is 5.32 Å². The van der Waals surface area contributed by atoms with Crippen molar-refractivity contribution in [3.05, 3.63) is 35.9 Å². The molecule has 2 aliphatic carbocycles. The van der Waals surface area contributed by atoms with E-state index in [1.807, 2.05) is 0 Å². The van der Waals surface area contributed by atoms with Crippen molar-refractivity contribution in [3.8, 4) is 5.75 Å². The van der Waals surface area contributed by atoms with Gasteiger partial charge in [0, 0.05) is 11.6 Å². The molecule has 1 aromatic carbocycles. The van der Waals surface area contributed by atoms with Crippen LogP contribution in [0.4, 0.5) is 0 Å². The minimum absolute atomic E-state index is 0.0829. The summed E-state index contributed by atoms with van der Waals surface area (Å²) in [5.74, 6) is 1.04. The zero-order chi connectivity index (χ0) is 13.8. The maximum atomic E-state index is 6.43. The SMILES string of the molecule is C/C=C/c1ccccc1OC1(CCNC2CC2)CCC1. The van der Waals surface area contributed by atoms with Crippen LogP contribution in [0.5, 0.6) is 5.75 Å². The van der Waals surface area contributed by atoms with Gasteiger partial charge in [-0.25, -0.2) is 0 Å². The van der Waals surface area contributed by atoms with Gasteiger partial charge in [0.15, 0.2) is 0 Å². The first-order valence-corrected chi connectivity index (χ1v) is 7.95. The summed E-state index contributed by atoms with van der Waals surface area (Å²) in [5.41, 5.74) is 1.27. The molecule has 108 valence electrons. The molecule has 2 heteroatoms. The molecule has 3 rings (SSSR count). The van der Waals surface area contributed by atoms with Gasteiger partial charge in [-0.1, -0.05) is 30.4 Å². The van der Waals surface area contributed by atoms with Crippen LogP contribution in [0.2, 0.25) is 0 Å². The standard InChI is InChI=1S/C18H25NO/c1-2-6-15-7-3-4-8-17(15)20-18(11-5-12-18)13-14-19-16-9-10-16/h2-4,6-8,16,19H,5,9-14H2,1H3/b6-2+. The van der Waals surface area contributed by atoms with E-state index in [-0.39, 0.29) is 5.60 Å². The van der Waals surface area contributed by atoms with Gasteiger partial charge in [-0.3, -0.25) is 0 Å². The molecule has 0 radical (unpaired) electrons. The summed E-state index contributed by atoms with van der Waals surface area (Å²) in [4.78, 5) is 0. The van der Waals surface area contributed by atoms with E-state index >= 15 is 0 Å². The van der Waals surface area contributed by atoms with E-state index in [1.54, 1.807) is 0 Å². The van der Waals surface area contributed by atoms with Crippen molar-refractivity contribution in [1.29, 1.82) is 0 Å². The second-order valence-electron chi connectivity index (χ2n) is 6.15. The molecule has 0 bridgehead atoms. The fourth-order valence-electron chi connectivity index (χ4n) is 2.89. The monoisotopic (exact) mass is 271 g/mol. The lowest BCUT2D eigenvalue weighted by molar-refractivity contribution is -0.0144. The number of nitrogens with one attached hydrogen (secondary N) is 1. The Labute approximate surface area is 122 Å². The normalized spacial score (nSPS) is 20.9. The van der Waals surface area contributed by atoms with Crippen molar-refractivity contribution < 1.29 is 4.74 Å². The molecule has 0 unspecified atom stereocenters. The Morgan fingerprint density at radius 3 is 2.75 bits per heavy atom. The molecule has 0 saturated heterocycles. The highest BCUT2D eigenvalue weighted by Gasteiger charge is 2.39. The molecule has 0 heterocycles. The van der Waals surface area contributed by atoms with E-state index in [2.05, 4.69) is 48.7 Å². The van der Waals surface area contributed by atoms with Crippen LogP contribution in [-0.2, 0) is 0 Å². The van der Waals surface area contributed by atoms with Crippen LogP contribution in [0.15, 0.2) is 30.3 Å². The van der Waals surface area contributed by atoms with E-state index in [1.165, 1.54) is 37.7 Å². The minimum Gasteiger partial charge on any atom is -0.487 e. The Balaban J connectivity index is 1.64. The summed E-state index contributed by atoms with van der Waals surface area (Å²) in [6.07, 6.45) is 11.8. The topological polar surface area (TPSA) is 21.3 Å². The lowest BCUT2D eigenvalue weighted by Gasteiger charge is -2.42. The van der Waals surface area contributed by atoms with Gasteiger partial charge >= 0.3 is 0 Å². The molecular formula is C18H25NO. The Morgan fingerprint density at radius 2 is 2.10 bits per heavy atom. The molecule has 0 aliphatic heterocycles. The number of ether oxygens (including phenoxy) is 1. The van der Waals surface area contributed by atoms with Crippen LogP contribution in [0, 0.1) is 0 Å². The zero-order valence-corrected chi connectivity index (χ0v) is 12.4. The molecule has 1 aromatic rings. The highest BCUT2D eigenvalue weighted by molar-refractivity contribution is 5.57. The third-order valence-electron chi connectivity index (χ3n) is 4.45. The van der Waals surface area contributed by atoms with Gasteiger partial charge in [0.2, 0.25) is 0 Å². The molecule has 0 atom stereocenters. The first-order chi connectivity index (χ1) is 9.81. The molecular weight excluding hydrogens is 246 g/mol. The van der Waals surface area contributed by atoms with Gasteiger partial charge < -0.3 is 10.1 Å². The maximum Gasteiger partial charge on any atom is 0.127 e. The van der Waals surface area contributed by atoms with Crippen LogP contribution in [-0.4, -0.2) is 18.2 Å². The second kappa shape index (κ2) is 6.01. The van der Waals surface area contributed by atoms with E-state index in [4.69, 9.17) is 4.74 Å².